The first-order valence-electron chi connectivity index (χ1n) is 4.75. The zero-order valence-electron chi connectivity index (χ0n) is 9.21. The summed E-state index contributed by atoms with van der Waals surface area (Å²) in [6, 6.07) is 3.78. The van der Waals surface area contributed by atoms with E-state index in [1.165, 1.54) is 0 Å². The van der Waals surface area contributed by atoms with Crippen LogP contribution in [0.15, 0.2) is 12.1 Å². The van der Waals surface area contributed by atoms with E-state index in [0.29, 0.717) is 23.1 Å². The Morgan fingerprint density at radius 1 is 1.27 bits per heavy atom. The maximum atomic E-state index is 6.05. The lowest BCUT2D eigenvalue weighted by Gasteiger charge is -2.14. The summed E-state index contributed by atoms with van der Waals surface area (Å²) >= 11 is 6.05. The molecule has 0 fully saturated rings. The van der Waals surface area contributed by atoms with Crippen molar-refractivity contribution in [3.05, 3.63) is 22.7 Å². The van der Waals surface area contributed by atoms with Gasteiger partial charge in [0.1, 0.15) is 16.5 Å². The summed E-state index contributed by atoms with van der Waals surface area (Å²) in [7, 11) is 3.16. The van der Waals surface area contributed by atoms with Crippen LogP contribution >= 0.6 is 11.6 Å². The molecule has 1 unspecified atom stereocenters. The van der Waals surface area contributed by atoms with Crippen LogP contribution in [0.25, 0.3) is 0 Å². The van der Waals surface area contributed by atoms with E-state index in [0.717, 1.165) is 5.56 Å². The Hall–Kier alpha value is -0.930. The molecule has 0 aliphatic rings. The standard InChI is InChI=1S/C11H16ClNO2/c1-7(6-13)8-4-9(14-2)11(12)10(5-8)15-3/h4-5,7H,6,13H2,1-3H3. The van der Waals surface area contributed by atoms with Gasteiger partial charge in [-0.2, -0.15) is 0 Å². The molecule has 1 aromatic rings. The van der Waals surface area contributed by atoms with Gasteiger partial charge in [0.2, 0.25) is 0 Å². The third-order valence-electron chi connectivity index (χ3n) is 2.39. The highest BCUT2D eigenvalue weighted by atomic mass is 35.5. The summed E-state index contributed by atoms with van der Waals surface area (Å²) in [6.45, 7) is 2.62. The van der Waals surface area contributed by atoms with Crippen LogP contribution in [-0.2, 0) is 0 Å². The monoisotopic (exact) mass is 229 g/mol. The van der Waals surface area contributed by atoms with E-state index in [2.05, 4.69) is 0 Å². The fourth-order valence-electron chi connectivity index (χ4n) is 1.31. The molecule has 2 N–H and O–H groups in total. The van der Waals surface area contributed by atoms with Crippen molar-refractivity contribution in [1.82, 2.24) is 0 Å². The molecular weight excluding hydrogens is 214 g/mol. The number of hydrogen-bond acceptors (Lipinski definition) is 3. The van der Waals surface area contributed by atoms with Crippen molar-refractivity contribution < 1.29 is 9.47 Å². The van der Waals surface area contributed by atoms with Gasteiger partial charge in [-0.25, -0.2) is 0 Å². The molecular formula is C11H16ClNO2. The number of halogens is 1. The fourth-order valence-corrected chi connectivity index (χ4v) is 1.57. The van der Waals surface area contributed by atoms with Crippen molar-refractivity contribution in [2.75, 3.05) is 20.8 Å². The van der Waals surface area contributed by atoms with Crippen LogP contribution in [0, 0.1) is 0 Å². The van der Waals surface area contributed by atoms with Gasteiger partial charge in [0.25, 0.3) is 0 Å². The fraction of sp³-hybridized carbons (Fsp3) is 0.455. The van der Waals surface area contributed by atoms with Crippen molar-refractivity contribution in [2.45, 2.75) is 12.8 Å². The van der Waals surface area contributed by atoms with E-state index >= 15 is 0 Å². The molecule has 15 heavy (non-hydrogen) atoms. The molecule has 0 aliphatic carbocycles. The number of rotatable bonds is 4. The third kappa shape index (κ3) is 2.55. The second-order valence-electron chi connectivity index (χ2n) is 3.38. The SMILES string of the molecule is COc1cc(C(C)CN)cc(OC)c1Cl. The van der Waals surface area contributed by atoms with E-state index in [-0.39, 0.29) is 5.92 Å². The summed E-state index contributed by atoms with van der Waals surface area (Å²) in [6.07, 6.45) is 0. The molecule has 1 rings (SSSR count). The Morgan fingerprint density at radius 3 is 2.07 bits per heavy atom. The summed E-state index contributed by atoms with van der Waals surface area (Å²) in [5.41, 5.74) is 6.68. The minimum atomic E-state index is 0.255. The van der Waals surface area contributed by atoms with Gasteiger partial charge in [0, 0.05) is 0 Å². The van der Waals surface area contributed by atoms with Gasteiger partial charge >= 0.3 is 0 Å². The predicted molar refractivity (Wildman–Crippen MR) is 62.0 cm³/mol. The molecule has 1 aromatic carbocycles. The number of methoxy groups -OCH3 is 2. The first-order chi connectivity index (χ1) is 7.13. The Morgan fingerprint density at radius 2 is 1.73 bits per heavy atom. The molecule has 0 aromatic heterocycles. The highest BCUT2D eigenvalue weighted by Crippen LogP contribution is 2.37. The normalized spacial score (nSPS) is 12.3. The van der Waals surface area contributed by atoms with Gasteiger partial charge < -0.3 is 15.2 Å². The van der Waals surface area contributed by atoms with E-state index in [9.17, 15) is 0 Å². The van der Waals surface area contributed by atoms with Gasteiger partial charge in [-0.15, -0.1) is 0 Å². The maximum absolute atomic E-state index is 6.05. The summed E-state index contributed by atoms with van der Waals surface area (Å²) in [5.74, 6) is 1.49. The minimum Gasteiger partial charge on any atom is -0.495 e. The van der Waals surface area contributed by atoms with Crippen molar-refractivity contribution >= 4 is 11.6 Å². The van der Waals surface area contributed by atoms with Crippen LogP contribution in [0.5, 0.6) is 11.5 Å². The van der Waals surface area contributed by atoms with Crippen LogP contribution in [0.1, 0.15) is 18.4 Å². The molecule has 0 heterocycles. The lowest BCUT2D eigenvalue weighted by atomic mass is 10.0. The van der Waals surface area contributed by atoms with E-state index < -0.39 is 0 Å². The molecule has 0 spiro atoms. The highest BCUT2D eigenvalue weighted by molar-refractivity contribution is 6.33. The first-order valence-corrected chi connectivity index (χ1v) is 5.13. The second kappa shape index (κ2) is 5.24. The first kappa shape index (κ1) is 12.1. The van der Waals surface area contributed by atoms with Crippen LogP contribution < -0.4 is 15.2 Å². The highest BCUT2D eigenvalue weighted by Gasteiger charge is 2.13. The van der Waals surface area contributed by atoms with Crippen molar-refractivity contribution in [3.63, 3.8) is 0 Å². The topological polar surface area (TPSA) is 44.5 Å². The number of nitrogens with two attached hydrogens (primary N) is 1. The van der Waals surface area contributed by atoms with E-state index in [4.69, 9.17) is 26.8 Å². The van der Waals surface area contributed by atoms with Crippen molar-refractivity contribution in [3.8, 4) is 11.5 Å². The Balaban J connectivity index is 3.20. The van der Waals surface area contributed by atoms with Crippen molar-refractivity contribution in [2.24, 2.45) is 5.73 Å². The molecule has 84 valence electrons. The Kier molecular flexibility index (Phi) is 4.24. The van der Waals surface area contributed by atoms with Gasteiger partial charge in [-0.3, -0.25) is 0 Å². The molecule has 0 saturated carbocycles. The molecule has 1 atom stereocenters. The molecule has 4 heteroatoms. The quantitative estimate of drug-likeness (QED) is 0.863. The summed E-state index contributed by atoms with van der Waals surface area (Å²) in [5, 5.41) is 0.493. The van der Waals surface area contributed by atoms with Gasteiger partial charge in [0.05, 0.1) is 14.2 Å². The lowest BCUT2D eigenvalue weighted by molar-refractivity contribution is 0.393. The molecule has 0 saturated heterocycles. The van der Waals surface area contributed by atoms with E-state index in [1.807, 2.05) is 19.1 Å². The number of hydrogen-bond donors (Lipinski definition) is 1. The van der Waals surface area contributed by atoms with Crippen LogP contribution in [0.3, 0.4) is 0 Å². The molecule has 0 aliphatic heterocycles. The van der Waals surface area contributed by atoms with Crippen LogP contribution in [0.4, 0.5) is 0 Å². The number of ether oxygens (including phenoxy) is 2. The van der Waals surface area contributed by atoms with Crippen LogP contribution in [0.2, 0.25) is 5.02 Å². The molecule has 0 bridgehead atoms. The van der Waals surface area contributed by atoms with Crippen molar-refractivity contribution in [1.29, 1.82) is 0 Å². The zero-order valence-corrected chi connectivity index (χ0v) is 9.97. The largest absolute Gasteiger partial charge is 0.495 e. The second-order valence-corrected chi connectivity index (χ2v) is 3.75. The maximum Gasteiger partial charge on any atom is 0.141 e. The molecule has 0 radical (unpaired) electrons. The van der Waals surface area contributed by atoms with Gasteiger partial charge in [0.15, 0.2) is 0 Å². The average Bonchev–Trinajstić information content (AvgIpc) is 2.28. The van der Waals surface area contributed by atoms with Crippen LogP contribution in [-0.4, -0.2) is 20.8 Å². The zero-order chi connectivity index (χ0) is 11.4. The Labute approximate surface area is 95.1 Å². The lowest BCUT2D eigenvalue weighted by Crippen LogP contribution is -2.09. The Bertz CT molecular complexity index is 316. The van der Waals surface area contributed by atoms with Gasteiger partial charge in [-0.1, -0.05) is 18.5 Å². The smallest absolute Gasteiger partial charge is 0.141 e. The summed E-state index contributed by atoms with van der Waals surface area (Å²) in [4.78, 5) is 0. The van der Waals surface area contributed by atoms with Gasteiger partial charge in [-0.05, 0) is 30.2 Å². The predicted octanol–water partition coefficient (Wildman–Crippen LogP) is 2.42. The third-order valence-corrected chi connectivity index (χ3v) is 2.76. The minimum absolute atomic E-state index is 0.255. The molecule has 3 nitrogen and oxygen atoms in total. The molecule has 0 amide bonds. The van der Waals surface area contributed by atoms with E-state index in [1.54, 1.807) is 14.2 Å². The summed E-state index contributed by atoms with van der Waals surface area (Å²) < 4.78 is 10.3. The average molecular weight is 230 g/mol. The number of benzene rings is 1.